The molecule has 0 heterocycles. The van der Waals surface area contributed by atoms with Crippen molar-refractivity contribution in [3.05, 3.63) is 34.3 Å². The molecule has 1 N–H and O–H groups in total. The highest BCUT2D eigenvalue weighted by molar-refractivity contribution is 9.10. The van der Waals surface area contributed by atoms with E-state index in [0.29, 0.717) is 0 Å². The molecular formula is C17H24BrNO. The largest absolute Gasteiger partial charge is 0.388 e. The van der Waals surface area contributed by atoms with Gasteiger partial charge in [0, 0.05) is 24.1 Å². The van der Waals surface area contributed by atoms with E-state index in [0.717, 1.165) is 34.8 Å². The van der Waals surface area contributed by atoms with Crippen molar-refractivity contribution in [3.8, 4) is 0 Å². The molecule has 2 saturated carbocycles. The predicted molar refractivity (Wildman–Crippen MR) is 85.6 cm³/mol. The Morgan fingerprint density at radius 3 is 2.35 bits per heavy atom. The highest BCUT2D eigenvalue weighted by atomic mass is 79.9. The molecule has 0 amide bonds. The highest BCUT2D eigenvalue weighted by Gasteiger charge is 2.29. The van der Waals surface area contributed by atoms with Gasteiger partial charge >= 0.3 is 0 Å². The van der Waals surface area contributed by atoms with Crippen LogP contribution >= 0.6 is 15.9 Å². The third kappa shape index (κ3) is 4.57. The van der Waals surface area contributed by atoms with Crippen molar-refractivity contribution in [2.24, 2.45) is 11.8 Å². The summed E-state index contributed by atoms with van der Waals surface area (Å²) in [5.41, 5.74) is 1.03. The quantitative estimate of drug-likeness (QED) is 0.775. The van der Waals surface area contributed by atoms with Crippen molar-refractivity contribution in [2.75, 3.05) is 19.6 Å². The van der Waals surface area contributed by atoms with E-state index in [4.69, 9.17) is 0 Å². The second-order valence-electron chi connectivity index (χ2n) is 6.51. The molecule has 1 atom stereocenters. The highest BCUT2D eigenvalue weighted by Crippen LogP contribution is 2.34. The minimum atomic E-state index is -0.339. The number of halogens is 1. The first-order chi connectivity index (χ1) is 9.70. The molecule has 1 aromatic carbocycles. The third-order valence-corrected chi connectivity index (χ3v) is 4.87. The van der Waals surface area contributed by atoms with E-state index in [-0.39, 0.29) is 6.10 Å². The molecule has 0 saturated heterocycles. The van der Waals surface area contributed by atoms with Gasteiger partial charge in [0.25, 0.3) is 0 Å². The van der Waals surface area contributed by atoms with Crippen molar-refractivity contribution in [2.45, 2.75) is 38.2 Å². The zero-order chi connectivity index (χ0) is 13.9. The Hall–Kier alpha value is -0.380. The van der Waals surface area contributed by atoms with Crippen LogP contribution in [0.1, 0.15) is 43.8 Å². The van der Waals surface area contributed by atoms with Gasteiger partial charge < -0.3 is 10.0 Å². The minimum Gasteiger partial charge on any atom is -0.388 e. The molecule has 0 bridgehead atoms. The molecule has 1 unspecified atom stereocenters. The molecule has 2 nitrogen and oxygen atoms in total. The Kier molecular flexibility index (Phi) is 4.79. The van der Waals surface area contributed by atoms with E-state index < -0.39 is 0 Å². The summed E-state index contributed by atoms with van der Waals surface area (Å²) in [6.07, 6.45) is 6.15. The standard InChI is InChI=1S/C17H24BrNO/c18-16-3-1-2-15(10-16)17(20)8-9-19(11-13-4-5-13)12-14-6-7-14/h1-3,10,13-14,17,20H,4-9,11-12H2. The normalized spacial score (nSPS) is 20.4. The fourth-order valence-corrected chi connectivity index (χ4v) is 3.19. The maximum atomic E-state index is 10.3. The van der Waals surface area contributed by atoms with Crippen LogP contribution in [0.5, 0.6) is 0 Å². The molecule has 3 heteroatoms. The van der Waals surface area contributed by atoms with E-state index in [2.05, 4.69) is 20.8 Å². The van der Waals surface area contributed by atoms with E-state index in [1.54, 1.807) is 0 Å². The summed E-state index contributed by atoms with van der Waals surface area (Å²) in [6.45, 7) is 3.53. The van der Waals surface area contributed by atoms with E-state index in [1.807, 2.05) is 24.3 Å². The molecule has 0 aromatic heterocycles. The average Bonchev–Trinajstić information content (AvgIpc) is 3.31. The number of hydrogen-bond donors (Lipinski definition) is 1. The van der Waals surface area contributed by atoms with Gasteiger partial charge in [-0.05, 0) is 61.6 Å². The number of aliphatic hydroxyl groups excluding tert-OH is 1. The van der Waals surface area contributed by atoms with Gasteiger partial charge in [0.1, 0.15) is 0 Å². The van der Waals surface area contributed by atoms with Crippen molar-refractivity contribution in [1.82, 2.24) is 4.90 Å². The van der Waals surface area contributed by atoms with Gasteiger partial charge in [-0.3, -0.25) is 0 Å². The molecule has 0 radical (unpaired) electrons. The maximum absolute atomic E-state index is 10.3. The van der Waals surface area contributed by atoms with Crippen LogP contribution in [-0.4, -0.2) is 29.6 Å². The van der Waals surface area contributed by atoms with Crippen LogP contribution in [0, 0.1) is 11.8 Å². The summed E-state index contributed by atoms with van der Waals surface area (Å²) in [5, 5.41) is 10.3. The number of aliphatic hydroxyl groups is 1. The first-order valence-corrected chi connectivity index (χ1v) is 8.66. The SMILES string of the molecule is OC(CCN(CC1CC1)CC1CC1)c1cccc(Br)c1. The van der Waals surface area contributed by atoms with Crippen molar-refractivity contribution in [3.63, 3.8) is 0 Å². The van der Waals surface area contributed by atoms with Crippen molar-refractivity contribution in [1.29, 1.82) is 0 Å². The number of hydrogen-bond acceptors (Lipinski definition) is 2. The molecule has 0 aliphatic heterocycles. The minimum absolute atomic E-state index is 0.339. The van der Waals surface area contributed by atoms with Crippen LogP contribution in [0.15, 0.2) is 28.7 Å². The Labute approximate surface area is 130 Å². The first kappa shape index (κ1) is 14.6. The Bertz CT molecular complexity index is 428. The van der Waals surface area contributed by atoms with Gasteiger partial charge in [-0.2, -0.15) is 0 Å². The summed E-state index contributed by atoms with van der Waals surface area (Å²) in [7, 11) is 0. The molecule has 2 fully saturated rings. The molecule has 2 aliphatic carbocycles. The molecule has 2 aliphatic rings. The second kappa shape index (κ2) is 6.59. The molecule has 110 valence electrons. The monoisotopic (exact) mass is 337 g/mol. The van der Waals surface area contributed by atoms with E-state index >= 15 is 0 Å². The summed E-state index contributed by atoms with van der Waals surface area (Å²) in [4.78, 5) is 2.59. The van der Waals surface area contributed by atoms with Gasteiger partial charge in [-0.15, -0.1) is 0 Å². The molecule has 20 heavy (non-hydrogen) atoms. The number of benzene rings is 1. The van der Waals surface area contributed by atoms with E-state index in [1.165, 1.54) is 38.8 Å². The average molecular weight is 338 g/mol. The lowest BCUT2D eigenvalue weighted by Crippen LogP contribution is -2.30. The van der Waals surface area contributed by atoms with Crippen LogP contribution < -0.4 is 0 Å². The summed E-state index contributed by atoms with van der Waals surface area (Å²) in [5.74, 6) is 1.88. The Morgan fingerprint density at radius 1 is 1.15 bits per heavy atom. The van der Waals surface area contributed by atoms with Crippen molar-refractivity contribution < 1.29 is 5.11 Å². The maximum Gasteiger partial charge on any atom is 0.0802 e. The molecular weight excluding hydrogens is 314 g/mol. The summed E-state index contributed by atoms with van der Waals surface area (Å²) in [6, 6.07) is 8.04. The summed E-state index contributed by atoms with van der Waals surface area (Å²) >= 11 is 3.47. The van der Waals surface area contributed by atoms with Gasteiger partial charge in [0.2, 0.25) is 0 Å². The molecule has 1 aromatic rings. The smallest absolute Gasteiger partial charge is 0.0802 e. The van der Waals surface area contributed by atoms with Crippen LogP contribution in [0.3, 0.4) is 0 Å². The fourth-order valence-electron chi connectivity index (χ4n) is 2.77. The molecule has 0 spiro atoms. The van der Waals surface area contributed by atoms with Crippen LogP contribution in [0.2, 0.25) is 0 Å². The van der Waals surface area contributed by atoms with Gasteiger partial charge in [0.15, 0.2) is 0 Å². The van der Waals surface area contributed by atoms with Gasteiger partial charge in [-0.25, -0.2) is 0 Å². The zero-order valence-electron chi connectivity index (χ0n) is 12.0. The van der Waals surface area contributed by atoms with Gasteiger partial charge in [0.05, 0.1) is 6.10 Å². The van der Waals surface area contributed by atoms with Crippen LogP contribution in [0.25, 0.3) is 0 Å². The van der Waals surface area contributed by atoms with Crippen LogP contribution in [-0.2, 0) is 0 Å². The Morgan fingerprint density at radius 2 is 1.80 bits per heavy atom. The topological polar surface area (TPSA) is 23.5 Å². The Balaban J connectivity index is 1.49. The lowest BCUT2D eigenvalue weighted by molar-refractivity contribution is 0.138. The first-order valence-electron chi connectivity index (χ1n) is 7.86. The molecule has 3 rings (SSSR count). The number of rotatable bonds is 8. The lowest BCUT2D eigenvalue weighted by Gasteiger charge is -2.23. The van der Waals surface area contributed by atoms with Crippen molar-refractivity contribution >= 4 is 15.9 Å². The predicted octanol–water partition coefficient (Wildman–Crippen LogP) is 3.99. The van der Waals surface area contributed by atoms with Crippen LogP contribution in [0.4, 0.5) is 0 Å². The second-order valence-corrected chi connectivity index (χ2v) is 7.42. The summed E-state index contributed by atoms with van der Waals surface area (Å²) < 4.78 is 1.04. The zero-order valence-corrected chi connectivity index (χ0v) is 13.6. The van der Waals surface area contributed by atoms with Gasteiger partial charge in [-0.1, -0.05) is 28.1 Å². The number of nitrogens with zero attached hydrogens (tertiary/aromatic N) is 1. The fraction of sp³-hybridized carbons (Fsp3) is 0.647. The third-order valence-electron chi connectivity index (χ3n) is 4.38. The lowest BCUT2D eigenvalue weighted by atomic mass is 10.1. The van der Waals surface area contributed by atoms with E-state index in [9.17, 15) is 5.11 Å².